The van der Waals surface area contributed by atoms with Crippen LogP contribution in [0.4, 0.5) is 5.69 Å². The summed E-state index contributed by atoms with van der Waals surface area (Å²) in [6.45, 7) is 3.59. The standard InChI is InChI=1S/C13H15N3O4/c1-6-3-4-10(16(19)20)12-11(6)8(7(2)15-12)5-9(14)13(17)18/h3-4,9,15H,5,14H2,1-2H3,(H,17,18). The van der Waals surface area contributed by atoms with E-state index >= 15 is 0 Å². The molecule has 0 bridgehead atoms. The molecule has 0 aliphatic heterocycles. The molecule has 20 heavy (non-hydrogen) atoms. The number of rotatable bonds is 4. The first-order valence-corrected chi connectivity index (χ1v) is 6.06. The van der Waals surface area contributed by atoms with Crippen molar-refractivity contribution in [1.29, 1.82) is 0 Å². The number of aryl methyl sites for hydroxylation is 2. The zero-order valence-electron chi connectivity index (χ0n) is 11.1. The second-order valence-electron chi connectivity index (χ2n) is 4.79. The molecule has 0 saturated heterocycles. The van der Waals surface area contributed by atoms with Crippen molar-refractivity contribution in [2.24, 2.45) is 5.73 Å². The van der Waals surface area contributed by atoms with E-state index in [4.69, 9.17) is 10.8 Å². The Morgan fingerprint density at radius 1 is 1.50 bits per heavy atom. The van der Waals surface area contributed by atoms with Crippen LogP contribution in [0.5, 0.6) is 0 Å². The van der Waals surface area contributed by atoms with Crippen LogP contribution in [-0.4, -0.2) is 27.0 Å². The number of H-pyrrole nitrogens is 1. The van der Waals surface area contributed by atoms with E-state index in [1.807, 2.05) is 6.92 Å². The first-order valence-electron chi connectivity index (χ1n) is 6.06. The quantitative estimate of drug-likeness (QED) is 0.579. The zero-order valence-corrected chi connectivity index (χ0v) is 11.1. The molecule has 1 aromatic carbocycles. The maximum absolute atomic E-state index is 11.0. The molecule has 0 aliphatic rings. The van der Waals surface area contributed by atoms with E-state index in [1.165, 1.54) is 6.07 Å². The number of hydrogen-bond acceptors (Lipinski definition) is 4. The van der Waals surface area contributed by atoms with Crippen molar-refractivity contribution in [1.82, 2.24) is 4.98 Å². The van der Waals surface area contributed by atoms with Crippen LogP contribution in [0.3, 0.4) is 0 Å². The molecule has 4 N–H and O–H groups in total. The van der Waals surface area contributed by atoms with E-state index in [1.54, 1.807) is 13.0 Å². The van der Waals surface area contributed by atoms with Crippen LogP contribution < -0.4 is 5.73 Å². The summed E-state index contributed by atoms with van der Waals surface area (Å²) in [5.74, 6) is -1.10. The van der Waals surface area contributed by atoms with Crippen molar-refractivity contribution in [3.05, 3.63) is 39.1 Å². The molecule has 0 saturated carbocycles. The van der Waals surface area contributed by atoms with Gasteiger partial charge in [0.05, 0.1) is 4.92 Å². The van der Waals surface area contributed by atoms with Crippen molar-refractivity contribution in [2.75, 3.05) is 0 Å². The maximum Gasteiger partial charge on any atom is 0.320 e. The minimum Gasteiger partial charge on any atom is -0.480 e. The molecule has 2 aromatic rings. The van der Waals surface area contributed by atoms with Gasteiger partial charge in [-0.3, -0.25) is 14.9 Å². The Hall–Kier alpha value is -2.41. The van der Waals surface area contributed by atoms with Gasteiger partial charge < -0.3 is 15.8 Å². The number of nitro groups is 1. The van der Waals surface area contributed by atoms with E-state index in [0.717, 1.165) is 11.1 Å². The number of carboxylic acid groups (broad SMARTS) is 1. The number of aromatic amines is 1. The predicted molar refractivity (Wildman–Crippen MR) is 73.7 cm³/mol. The molecule has 7 nitrogen and oxygen atoms in total. The second-order valence-corrected chi connectivity index (χ2v) is 4.79. The summed E-state index contributed by atoms with van der Waals surface area (Å²) in [4.78, 5) is 24.4. The maximum atomic E-state index is 11.0. The minimum absolute atomic E-state index is 0.0242. The monoisotopic (exact) mass is 277 g/mol. The number of benzene rings is 1. The number of nitrogens with one attached hydrogen (secondary N) is 1. The van der Waals surface area contributed by atoms with Gasteiger partial charge in [-0.25, -0.2) is 0 Å². The van der Waals surface area contributed by atoms with Crippen molar-refractivity contribution in [3.8, 4) is 0 Å². The molecular formula is C13H15N3O4. The molecule has 1 aromatic heterocycles. The van der Waals surface area contributed by atoms with Crippen LogP contribution in [0.1, 0.15) is 16.8 Å². The average Bonchev–Trinajstić information content (AvgIpc) is 2.67. The normalized spacial score (nSPS) is 12.6. The number of non-ortho nitro benzene ring substituents is 1. The minimum atomic E-state index is -1.10. The number of nitrogens with zero attached hydrogens (tertiary/aromatic N) is 1. The third-order valence-electron chi connectivity index (χ3n) is 3.40. The van der Waals surface area contributed by atoms with Gasteiger partial charge in [0.1, 0.15) is 11.6 Å². The second kappa shape index (κ2) is 4.93. The molecule has 0 radical (unpaired) electrons. The van der Waals surface area contributed by atoms with Crippen molar-refractivity contribution < 1.29 is 14.8 Å². The lowest BCUT2D eigenvalue weighted by molar-refractivity contribution is -0.383. The molecule has 106 valence electrons. The van der Waals surface area contributed by atoms with Crippen LogP contribution in [0.2, 0.25) is 0 Å². The Balaban J connectivity index is 2.67. The van der Waals surface area contributed by atoms with Gasteiger partial charge >= 0.3 is 5.97 Å². The van der Waals surface area contributed by atoms with Gasteiger partial charge in [0.25, 0.3) is 5.69 Å². The summed E-state index contributed by atoms with van der Waals surface area (Å²) in [7, 11) is 0. The smallest absolute Gasteiger partial charge is 0.320 e. The predicted octanol–water partition coefficient (Wildman–Crippen LogP) is 1.65. The first kappa shape index (κ1) is 14.0. The van der Waals surface area contributed by atoms with E-state index < -0.39 is 16.9 Å². The molecule has 0 fully saturated rings. The highest BCUT2D eigenvalue weighted by Crippen LogP contribution is 2.32. The summed E-state index contributed by atoms with van der Waals surface area (Å²) in [6, 6.07) is 2.06. The molecule has 7 heteroatoms. The number of hydrogen-bond donors (Lipinski definition) is 3. The van der Waals surface area contributed by atoms with Gasteiger partial charge in [-0.15, -0.1) is 0 Å². The molecule has 0 spiro atoms. The van der Waals surface area contributed by atoms with E-state index in [-0.39, 0.29) is 12.1 Å². The van der Waals surface area contributed by atoms with Crippen molar-refractivity contribution in [3.63, 3.8) is 0 Å². The van der Waals surface area contributed by atoms with Crippen LogP contribution in [0.25, 0.3) is 10.9 Å². The van der Waals surface area contributed by atoms with Crippen molar-refractivity contribution >= 4 is 22.6 Å². The molecule has 1 atom stereocenters. The lowest BCUT2D eigenvalue weighted by Gasteiger charge is -2.07. The van der Waals surface area contributed by atoms with E-state index in [9.17, 15) is 14.9 Å². The Labute approximate surface area is 114 Å². The van der Waals surface area contributed by atoms with Gasteiger partial charge in [-0.1, -0.05) is 6.07 Å². The highest BCUT2D eigenvalue weighted by Gasteiger charge is 2.22. The topological polar surface area (TPSA) is 122 Å². The van der Waals surface area contributed by atoms with Gasteiger partial charge in [-0.05, 0) is 25.0 Å². The van der Waals surface area contributed by atoms with E-state index in [0.29, 0.717) is 16.6 Å². The van der Waals surface area contributed by atoms with Crippen molar-refractivity contribution in [2.45, 2.75) is 26.3 Å². The van der Waals surface area contributed by atoms with Crippen LogP contribution in [0.15, 0.2) is 12.1 Å². The Morgan fingerprint density at radius 2 is 2.15 bits per heavy atom. The first-order chi connectivity index (χ1) is 9.32. The number of nitro benzene ring substituents is 1. The fourth-order valence-electron chi connectivity index (χ4n) is 2.38. The third kappa shape index (κ3) is 2.23. The lowest BCUT2D eigenvalue weighted by atomic mass is 9.99. The summed E-state index contributed by atoms with van der Waals surface area (Å²) in [6.07, 6.45) is 0.128. The van der Waals surface area contributed by atoms with Gasteiger partial charge in [0.15, 0.2) is 0 Å². The lowest BCUT2D eigenvalue weighted by Crippen LogP contribution is -2.32. The highest BCUT2D eigenvalue weighted by molar-refractivity contribution is 5.94. The molecule has 1 unspecified atom stereocenters. The SMILES string of the molecule is Cc1[nH]c2c([N+](=O)[O-])ccc(C)c2c1CC(N)C(=O)O. The van der Waals surface area contributed by atoms with Crippen LogP contribution in [-0.2, 0) is 11.2 Å². The summed E-state index contributed by atoms with van der Waals surface area (Å²) in [5.41, 5.74) is 8.23. The zero-order chi connectivity index (χ0) is 15.0. The fourth-order valence-corrected chi connectivity index (χ4v) is 2.38. The van der Waals surface area contributed by atoms with E-state index in [2.05, 4.69) is 4.98 Å². The molecule has 2 rings (SSSR count). The number of carbonyl (C=O) groups is 1. The largest absolute Gasteiger partial charge is 0.480 e. The Kier molecular flexibility index (Phi) is 3.46. The molecule has 1 heterocycles. The fraction of sp³-hybridized carbons (Fsp3) is 0.308. The van der Waals surface area contributed by atoms with Crippen LogP contribution in [0, 0.1) is 24.0 Å². The van der Waals surface area contributed by atoms with Crippen LogP contribution >= 0.6 is 0 Å². The van der Waals surface area contributed by atoms with Gasteiger partial charge in [0.2, 0.25) is 0 Å². The van der Waals surface area contributed by atoms with Gasteiger partial charge in [0, 0.05) is 23.6 Å². The Morgan fingerprint density at radius 3 is 2.70 bits per heavy atom. The number of fused-ring (bicyclic) bond motifs is 1. The molecular weight excluding hydrogens is 262 g/mol. The average molecular weight is 277 g/mol. The number of nitrogens with two attached hydrogens (primary N) is 1. The number of carboxylic acids is 1. The number of aliphatic carboxylic acids is 1. The van der Waals surface area contributed by atoms with Gasteiger partial charge in [-0.2, -0.15) is 0 Å². The number of aromatic nitrogens is 1. The summed E-state index contributed by atoms with van der Waals surface area (Å²) in [5, 5.41) is 20.6. The summed E-state index contributed by atoms with van der Waals surface area (Å²) >= 11 is 0. The summed E-state index contributed by atoms with van der Waals surface area (Å²) < 4.78 is 0. The molecule has 0 aliphatic carbocycles. The highest BCUT2D eigenvalue weighted by atomic mass is 16.6. The molecule has 0 amide bonds. The Bertz CT molecular complexity index is 705. The third-order valence-corrected chi connectivity index (χ3v) is 3.40.